The van der Waals surface area contributed by atoms with Gasteiger partial charge in [0.05, 0.1) is 18.0 Å². The number of halogens is 3. The van der Waals surface area contributed by atoms with Gasteiger partial charge in [0.25, 0.3) is 17.7 Å². The number of carbonyl (C=O) groups excluding carboxylic acids is 3. The number of nitrogens with zero attached hydrogens (tertiary/aromatic N) is 1. The molecule has 0 aromatic heterocycles. The summed E-state index contributed by atoms with van der Waals surface area (Å²) in [4.78, 5) is 40.1. The number of hydrogen-bond acceptors (Lipinski definition) is 5. The molecule has 2 aromatic rings. The van der Waals surface area contributed by atoms with Gasteiger partial charge in [-0.05, 0) is 43.2 Å². The van der Waals surface area contributed by atoms with E-state index < -0.39 is 59.6 Å². The number of rotatable bonds is 9. The molecule has 1 fully saturated rings. The van der Waals surface area contributed by atoms with Gasteiger partial charge >= 0.3 is 0 Å². The molecular weight excluding hydrogens is 515 g/mol. The summed E-state index contributed by atoms with van der Waals surface area (Å²) in [5, 5.41) is 26.1. The molecule has 3 amide bonds. The van der Waals surface area contributed by atoms with Gasteiger partial charge in [-0.3, -0.25) is 14.4 Å². The summed E-state index contributed by atoms with van der Waals surface area (Å²) in [5.41, 5.74) is -1.38. The zero-order valence-corrected chi connectivity index (χ0v) is 21.9. The van der Waals surface area contributed by atoms with E-state index in [0.717, 1.165) is 19.9 Å². The SMILES string of the molecule is C=CCNC(=O)[C@@H]1N(C(=O)[C@@H](O)[C@H](Cc2cccc(F)c2)NC(=O)c2cccc(O)c2C)CC(F)(F)C1(C)C. The van der Waals surface area contributed by atoms with Crippen LogP contribution < -0.4 is 10.6 Å². The van der Waals surface area contributed by atoms with Crippen LogP contribution >= 0.6 is 0 Å². The van der Waals surface area contributed by atoms with Gasteiger partial charge in [-0.25, -0.2) is 13.2 Å². The highest BCUT2D eigenvalue weighted by Crippen LogP contribution is 2.48. The van der Waals surface area contributed by atoms with E-state index in [1.807, 2.05) is 0 Å². The van der Waals surface area contributed by atoms with Gasteiger partial charge in [-0.15, -0.1) is 6.58 Å². The number of aliphatic hydroxyl groups excluding tert-OH is 1. The topological polar surface area (TPSA) is 119 Å². The van der Waals surface area contributed by atoms with Crippen molar-refractivity contribution in [3.05, 3.63) is 77.6 Å². The van der Waals surface area contributed by atoms with Crippen molar-refractivity contribution < 1.29 is 37.8 Å². The number of nitrogens with one attached hydrogen (secondary N) is 2. The van der Waals surface area contributed by atoms with Crippen LogP contribution in [0.3, 0.4) is 0 Å². The fourth-order valence-electron chi connectivity index (χ4n) is 4.66. The van der Waals surface area contributed by atoms with Crippen molar-refractivity contribution in [3.63, 3.8) is 0 Å². The summed E-state index contributed by atoms with van der Waals surface area (Å²) in [6.45, 7) is 6.12. The predicted octanol–water partition coefficient (Wildman–Crippen LogP) is 2.72. The third-order valence-corrected chi connectivity index (χ3v) is 7.10. The normalized spacial score (nSPS) is 19.2. The van der Waals surface area contributed by atoms with Gasteiger partial charge in [-0.1, -0.05) is 38.1 Å². The van der Waals surface area contributed by atoms with Crippen LogP contribution in [-0.2, 0) is 16.0 Å². The fourth-order valence-corrected chi connectivity index (χ4v) is 4.66. The molecule has 0 saturated carbocycles. The van der Waals surface area contributed by atoms with Crippen molar-refractivity contribution in [1.82, 2.24) is 15.5 Å². The van der Waals surface area contributed by atoms with E-state index in [4.69, 9.17) is 0 Å². The lowest BCUT2D eigenvalue weighted by Gasteiger charge is -2.34. The molecular formula is C28H32F3N3O5. The predicted molar refractivity (Wildman–Crippen MR) is 138 cm³/mol. The van der Waals surface area contributed by atoms with E-state index in [-0.39, 0.29) is 29.8 Å². The molecule has 210 valence electrons. The van der Waals surface area contributed by atoms with Crippen LogP contribution in [0.1, 0.15) is 35.3 Å². The van der Waals surface area contributed by atoms with E-state index >= 15 is 8.78 Å². The van der Waals surface area contributed by atoms with Crippen molar-refractivity contribution in [1.29, 1.82) is 0 Å². The van der Waals surface area contributed by atoms with Gasteiger partial charge < -0.3 is 25.7 Å². The Labute approximate surface area is 224 Å². The Morgan fingerprint density at radius 2 is 1.87 bits per heavy atom. The van der Waals surface area contributed by atoms with E-state index in [1.165, 1.54) is 49.4 Å². The monoisotopic (exact) mass is 547 g/mol. The van der Waals surface area contributed by atoms with Gasteiger partial charge in [-0.2, -0.15) is 0 Å². The average Bonchev–Trinajstić information content (AvgIpc) is 3.06. The molecule has 1 heterocycles. The molecule has 3 atom stereocenters. The van der Waals surface area contributed by atoms with E-state index in [1.54, 1.807) is 0 Å². The smallest absolute Gasteiger partial charge is 0.272 e. The first-order chi connectivity index (χ1) is 18.2. The third-order valence-electron chi connectivity index (χ3n) is 7.10. The Morgan fingerprint density at radius 1 is 1.21 bits per heavy atom. The number of phenols is 1. The first kappa shape index (κ1) is 29.7. The number of benzene rings is 2. The molecule has 1 saturated heterocycles. The first-order valence-corrected chi connectivity index (χ1v) is 12.3. The lowest BCUT2D eigenvalue weighted by Crippen LogP contribution is -2.57. The summed E-state index contributed by atoms with van der Waals surface area (Å²) in [6, 6.07) is 6.45. The number of amides is 3. The number of carbonyl (C=O) groups is 3. The minimum atomic E-state index is -3.47. The molecule has 0 spiro atoms. The third kappa shape index (κ3) is 6.08. The van der Waals surface area contributed by atoms with E-state index in [9.17, 15) is 29.0 Å². The summed E-state index contributed by atoms with van der Waals surface area (Å²) in [6.07, 6.45) is -0.962. The minimum Gasteiger partial charge on any atom is -0.508 e. The maximum atomic E-state index is 15.0. The second-order valence-corrected chi connectivity index (χ2v) is 10.1. The molecule has 0 unspecified atom stereocenters. The number of aliphatic hydroxyl groups is 1. The molecule has 0 aliphatic carbocycles. The number of hydrogen-bond donors (Lipinski definition) is 4. The zero-order valence-electron chi connectivity index (χ0n) is 21.9. The van der Waals surface area contributed by atoms with Crippen molar-refractivity contribution in [2.75, 3.05) is 13.1 Å². The number of aromatic hydroxyl groups is 1. The minimum absolute atomic E-state index is 0.0247. The maximum absolute atomic E-state index is 15.0. The summed E-state index contributed by atoms with van der Waals surface area (Å²) >= 11 is 0. The van der Waals surface area contributed by atoms with Crippen molar-refractivity contribution in [2.24, 2.45) is 5.41 Å². The molecule has 39 heavy (non-hydrogen) atoms. The number of alkyl halides is 2. The highest BCUT2D eigenvalue weighted by Gasteiger charge is 2.64. The van der Waals surface area contributed by atoms with Crippen molar-refractivity contribution >= 4 is 17.7 Å². The Bertz CT molecular complexity index is 1270. The first-order valence-electron chi connectivity index (χ1n) is 12.3. The average molecular weight is 548 g/mol. The fraction of sp³-hybridized carbons (Fsp3) is 0.393. The largest absolute Gasteiger partial charge is 0.508 e. The Balaban J connectivity index is 1.97. The number of likely N-dealkylation sites (tertiary alicyclic amines) is 1. The van der Waals surface area contributed by atoms with Gasteiger partial charge in [0.15, 0.2) is 6.10 Å². The van der Waals surface area contributed by atoms with Crippen LogP contribution in [0.2, 0.25) is 0 Å². The van der Waals surface area contributed by atoms with Crippen LogP contribution in [0.5, 0.6) is 5.75 Å². The lowest BCUT2D eigenvalue weighted by molar-refractivity contribution is -0.148. The second-order valence-electron chi connectivity index (χ2n) is 10.1. The molecule has 3 rings (SSSR count). The lowest BCUT2D eigenvalue weighted by atomic mass is 9.81. The van der Waals surface area contributed by atoms with Crippen molar-refractivity contribution in [2.45, 2.75) is 51.3 Å². The van der Waals surface area contributed by atoms with Gasteiger partial charge in [0, 0.05) is 17.7 Å². The Morgan fingerprint density at radius 3 is 2.51 bits per heavy atom. The van der Waals surface area contributed by atoms with E-state index in [0.29, 0.717) is 10.5 Å². The molecule has 4 N–H and O–H groups in total. The Hall–Kier alpha value is -3.86. The molecule has 11 heteroatoms. The molecule has 1 aliphatic heterocycles. The van der Waals surface area contributed by atoms with Gasteiger partial charge in [0.2, 0.25) is 5.91 Å². The molecule has 0 radical (unpaired) electrons. The van der Waals surface area contributed by atoms with Crippen LogP contribution in [0, 0.1) is 18.2 Å². The van der Waals surface area contributed by atoms with Crippen LogP contribution in [0.4, 0.5) is 13.2 Å². The summed E-state index contributed by atoms with van der Waals surface area (Å²) in [5.74, 6) is -7.03. The highest BCUT2D eigenvalue weighted by atomic mass is 19.3. The molecule has 0 bridgehead atoms. The number of phenolic OH excluding ortho intramolecular Hbond substituents is 1. The van der Waals surface area contributed by atoms with Crippen LogP contribution in [0.15, 0.2) is 55.1 Å². The van der Waals surface area contributed by atoms with Crippen molar-refractivity contribution in [3.8, 4) is 5.75 Å². The molecule has 2 aromatic carbocycles. The summed E-state index contributed by atoms with van der Waals surface area (Å²) in [7, 11) is 0. The van der Waals surface area contributed by atoms with E-state index in [2.05, 4.69) is 17.2 Å². The molecule has 8 nitrogen and oxygen atoms in total. The highest BCUT2D eigenvalue weighted by molar-refractivity contribution is 5.97. The maximum Gasteiger partial charge on any atom is 0.272 e. The standard InChI is InChI=1S/C28H32F3N3O5/c1-5-12-32-25(38)23-27(3,4)28(30,31)15-34(23)26(39)22(36)20(14-17-8-6-9-18(29)13-17)33-24(37)19-10-7-11-21(35)16(19)2/h5-11,13,20,22-23,35-36H,1,12,14-15H2,2-4H3,(H,32,38)(H,33,37)/t20-,22-,23-/m0/s1. The molecule has 1 aliphatic rings. The van der Waals surface area contributed by atoms with Crippen LogP contribution in [0.25, 0.3) is 0 Å². The Kier molecular flexibility index (Phi) is 8.74. The van der Waals surface area contributed by atoms with Crippen LogP contribution in [-0.4, -0.2) is 70.0 Å². The quantitative estimate of drug-likeness (QED) is 0.360. The van der Waals surface area contributed by atoms with Gasteiger partial charge in [0.1, 0.15) is 17.6 Å². The second kappa shape index (κ2) is 11.5. The summed E-state index contributed by atoms with van der Waals surface area (Å²) < 4.78 is 43.9. The zero-order chi connectivity index (χ0) is 29.1.